The summed E-state index contributed by atoms with van der Waals surface area (Å²) in [6.45, 7) is 7.21. The van der Waals surface area contributed by atoms with Crippen molar-refractivity contribution in [1.82, 2.24) is 15.5 Å². The lowest BCUT2D eigenvalue weighted by Gasteiger charge is -2.30. The van der Waals surface area contributed by atoms with Crippen LogP contribution in [0.5, 0.6) is 0 Å². The van der Waals surface area contributed by atoms with Crippen LogP contribution in [0.25, 0.3) is 0 Å². The van der Waals surface area contributed by atoms with Gasteiger partial charge in [0.2, 0.25) is 0 Å². The summed E-state index contributed by atoms with van der Waals surface area (Å²) in [6, 6.07) is 18.8. The number of aliphatic imine (C=N–C) groups is 1. The van der Waals surface area contributed by atoms with Crippen molar-refractivity contribution in [3.05, 3.63) is 71.3 Å². The maximum Gasteiger partial charge on any atom is 0.191 e. The Labute approximate surface area is 181 Å². The molecule has 5 nitrogen and oxygen atoms in total. The van der Waals surface area contributed by atoms with Crippen LogP contribution in [0.3, 0.4) is 0 Å². The van der Waals surface area contributed by atoms with Gasteiger partial charge in [-0.1, -0.05) is 61.5 Å². The van der Waals surface area contributed by atoms with Crippen molar-refractivity contribution in [2.45, 2.75) is 38.8 Å². The molecule has 1 unspecified atom stereocenters. The van der Waals surface area contributed by atoms with Crippen molar-refractivity contribution in [3.8, 4) is 0 Å². The minimum Gasteiger partial charge on any atom is -0.396 e. The van der Waals surface area contributed by atoms with Gasteiger partial charge >= 0.3 is 0 Å². The van der Waals surface area contributed by atoms with E-state index in [1.807, 2.05) is 18.2 Å². The molecule has 0 radical (unpaired) electrons. The van der Waals surface area contributed by atoms with E-state index in [-0.39, 0.29) is 12.5 Å². The molecule has 0 saturated carbocycles. The molecule has 1 atom stereocenters. The molecule has 3 N–H and O–H groups in total. The molecular formula is C25H36N4O. The second-order valence-electron chi connectivity index (χ2n) is 8.32. The van der Waals surface area contributed by atoms with Crippen LogP contribution in [0, 0.1) is 5.92 Å². The molecule has 0 amide bonds. The van der Waals surface area contributed by atoms with E-state index in [9.17, 15) is 5.11 Å². The quantitative estimate of drug-likeness (QED) is 0.463. The lowest BCUT2D eigenvalue weighted by Crippen LogP contribution is -2.39. The number of nitrogens with zero attached hydrogens (tertiary/aromatic N) is 2. The second-order valence-corrected chi connectivity index (χ2v) is 8.32. The lowest BCUT2D eigenvalue weighted by atomic mass is 9.98. The van der Waals surface area contributed by atoms with Crippen LogP contribution in [0.4, 0.5) is 0 Å². The van der Waals surface area contributed by atoms with Gasteiger partial charge in [-0.3, -0.25) is 9.89 Å². The van der Waals surface area contributed by atoms with E-state index in [1.54, 1.807) is 7.05 Å². The van der Waals surface area contributed by atoms with Gasteiger partial charge in [-0.25, -0.2) is 0 Å². The Morgan fingerprint density at radius 2 is 1.70 bits per heavy atom. The van der Waals surface area contributed by atoms with Crippen LogP contribution in [-0.4, -0.2) is 49.3 Å². The minimum absolute atomic E-state index is 0.0403. The highest BCUT2D eigenvalue weighted by atomic mass is 16.3. The van der Waals surface area contributed by atoms with Crippen LogP contribution in [0.2, 0.25) is 0 Å². The zero-order valence-corrected chi connectivity index (χ0v) is 18.3. The smallest absolute Gasteiger partial charge is 0.191 e. The van der Waals surface area contributed by atoms with Gasteiger partial charge < -0.3 is 15.7 Å². The first kappa shape index (κ1) is 22.3. The summed E-state index contributed by atoms with van der Waals surface area (Å²) in [5, 5.41) is 16.6. The molecule has 162 valence electrons. The standard InChI is InChI=1S/C25H36N4O/c1-20-12-14-29(15-13-20)18-23-11-7-6-10-22(23)16-27-25(26-2)28-17-24(19-30)21-8-4-3-5-9-21/h3-11,20,24,30H,12-19H2,1-2H3,(H2,26,27,28). The third kappa shape index (κ3) is 6.57. The Morgan fingerprint density at radius 3 is 2.37 bits per heavy atom. The molecule has 1 saturated heterocycles. The third-order valence-electron chi connectivity index (χ3n) is 6.07. The van der Waals surface area contributed by atoms with Gasteiger partial charge in [0.15, 0.2) is 5.96 Å². The van der Waals surface area contributed by atoms with Crippen molar-refractivity contribution < 1.29 is 5.11 Å². The van der Waals surface area contributed by atoms with Crippen LogP contribution in [-0.2, 0) is 13.1 Å². The molecule has 1 fully saturated rings. The van der Waals surface area contributed by atoms with Crippen molar-refractivity contribution in [3.63, 3.8) is 0 Å². The highest BCUT2D eigenvalue weighted by molar-refractivity contribution is 5.79. The molecule has 1 heterocycles. The fourth-order valence-electron chi connectivity index (χ4n) is 3.98. The number of aliphatic hydroxyl groups excluding tert-OH is 1. The third-order valence-corrected chi connectivity index (χ3v) is 6.07. The summed E-state index contributed by atoms with van der Waals surface area (Å²) in [7, 11) is 1.78. The number of rotatable bonds is 8. The average molecular weight is 409 g/mol. The molecule has 3 rings (SSSR count). The summed E-state index contributed by atoms with van der Waals surface area (Å²) >= 11 is 0. The van der Waals surface area contributed by atoms with Gasteiger partial charge in [-0.2, -0.15) is 0 Å². The van der Waals surface area contributed by atoms with Crippen molar-refractivity contribution in [2.75, 3.05) is 33.3 Å². The molecule has 5 heteroatoms. The van der Waals surface area contributed by atoms with E-state index in [0.717, 1.165) is 30.5 Å². The summed E-state index contributed by atoms with van der Waals surface area (Å²) in [6.07, 6.45) is 2.59. The topological polar surface area (TPSA) is 59.9 Å². The average Bonchev–Trinajstić information content (AvgIpc) is 2.79. The summed E-state index contributed by atoms with van der Waals surface area (Å²) in [4.78, 5) is 6.93. The minimum atomic E-state index is 0.0403. The molecule has 0 spiro atoms. The Bertz CT molecular complexity index is 785. The Morgan fingerprint density at radius 1 is 1.03 bits per heavy atom. The normalized spacial score (nSPS) is 17.0. The van der Waals surface area contributed by atoms with Gasteiger partial charge in [-0.15, -0.1) is 0 Å². The molecule has 1 aliphatic heterocycles. The molecule has 0 bridgehead atoms. The number of hydrogen-bond acceptors (Lipinski definition) is 3. The summed E-state index contributed by atoms with van der Waals surface area (Å²) < 4.78 is 0. The van der Waals surface area contributed by atoms with Crippen LogP contribution < -0.4 is 10.6 Å². The van der Waals surface area contributed by atoms with E-state index in [2.05, 4.69) is 63.8 Å². The van der Waals surface area contributed by atoms with Gasteiger partial charge in [-0.05, 0) is 48.5 Å². The van der Waals surface area contributed by atoms with Gasteiger partial charge in [0, 0.05) is 32.6 Å². The van der Waals surface area contributed by atoms with Gasteiger partial charge in [0.25, 0.3) is 0 Å². The Hall–Kier alpha value is -2.37. The largest absolute Gasteiger partial charge is 0.396 e. The monoisotopic (exact) mass is 408 g/mol. The fraction of sp³-hybridized carbons (Fsp3) is 0.480. The number of nitrogens with one attached hydrogen (secondary N) is 2. The number of aliphatic hydroxyl groups is 1. The summed E-state index contributed by atoms with van der Waals surface area (Å²) in [5.74, 6) is 1.65. The first-order valence-electron chi connectivity index (χ1n) is 11.1. The predicted octanol–water partition coefficient (Wildman–Crippen LogP) is 3.36. The Kier molecular flexibility index (Phi) is 8.72. The van der Waals surface area contributed by atoms with Crippen LogP contribution in [0.15, 0.2) is 59.6 Å². The molecule has 2 aromatic rings. The second kappa shape index (κ2) is 11.7. The fourth-order valence-corrected chi connectivity index (χ4v) is 3.98. The van der Waals surface area contributed by atoms with E-state index in [0.29, 0.717) is 6.54 Å². The first-order valence-corrected chi connectivity index (χ1v) is 11.1. The maximum absolute atomic E-state index is 9.78. The molecule has 2 aromatic carbocycles. The van der Waals surface area contributed by atoms with Crippen LogP contribution >= 0.6 is 0 Å². The van der Waals surface area contributed by atoms with E-state index in [1.165, 1.54) is 37.1 Å². The van der Waals surface area contributed by atoms with Crippen molar-refractivity contribution in [1.29, 1.82) is 0 Å². The van der Waals surface area contributed by atoms with E-state index < -0.39 is 0 Å². The predicted molar refractivity (Wildman–Crippen MR) is 125 cm³/mol. The van der Waals surface area contributed by atoms with Crippen molar-refractivity contribution >= 4 is 5.96 Å². The van der Waals surface area contributed by atoms with E-state index >= 15 is 0 Å². The first-order chi connectivity index (χ1) is 14.7. The Balaban J connectivity index is 1.53. The number of benzene rings is 2. The van der Waals surface area contributed by atoms with E-state index in [4.69, 9.17) is 0 Å². The highest BCUT2D eigenvalue weighted by Gasteiger charge is 2.17. The molecule has 0 aromatic heterocycles. The highest BCUT2D eigenvalue weighted by Crippen LogP contribution is 2.19. The van der Waals surface area contributed by atoms with Crippen LogP contribution in [0.1, 0.15) is 42.4 Å². The molecular weight excluding hydrogens is 372 g/mol. The van der Waals surface area contributed by atoms with Gasteiger partial charge in [0.05, 0.1) is 6.61 Å². The van der Waals surface area contributed by atoms with Gasteiger partial charge in [0.1, 0.15) is 0 Å². The molecule has 30 heavy (non-hydrogen) atoms. The molecule has 1 aliphatic rings. The number of likely N-dealkylation sites (tertiary alicyclic amines) is 1. The number of guanidine groups is 1. The number of hydrogen-bond donors (Lipinski definition) is 3. The SMILES string of the molecule is CN=C(NCc1ccccc1CN1CCC(C)CC1)NCC(CO)c1ccccc1. The zero-order chi connectivity index (χ0) is 21.2. The molecule has 0 aliphatic carbocycles. The van der Waals surface area contributed by atoms with Crippen molar-refractivity contribution in [2.24, 2.45) is 10.9 Å². The number of piperidine rings is 1. The maximum atomic E-state index is 9.78. The zero-order valence-electron chi connectivity index (χ0n) is 18.3. The lowest BCUT2D eigenvalue weighted by molar-refractivity contribution is 0.185. The summed E-state index contributed by atoms with van der Waals surface area (Å²) in [5.41, 5.74) is 3.82.